The standard InChI is InChI=1S/C14H12ClFN2O3/c1-8(17)10-3-2-4-12(16)14(10)21-13-7-9(18(19)20)5-6-11(13)15/h2-8H,17H2,1H3. The van der Waals surface area contributed by atoms with E-state index in [1.807, 2.05) is 0 Å². The molecule has 0 amide bonds. The van der Waals surface area contributed by atoms with Crippen LogP contribution in [0.15, 0.2) is 36.4 Å². The predicted octanol–water partition coefficient (Wildman–Crippen LogP) is 4.20. The van der Waals surface area contributed by atoms with Gasteiger partial charge in [0.25, 0.3) is 5.69 Å². The van der Waals surface area contributed by atoms with Crippen molar-refractivity contribution in [3.63, 3.8) is 0 Å². The molecule has 0 aliphatic heterocycles. The molecule has 0 aromatic heterocycles. The smallest absolute Gasteiger partial charge is 0.273 e. The maximum Gasteiger partial charge on any atom is 0.273 e. The summed E-state index contributed by atoms with van der Waals surface area (Å²) in [4.78, 5) is 10.2. The van der Waals surface area contributed by atoms with Gasteiger partial charge in [-0.1, -0.05) is 23.7 Å². The lowest BCUT2D eigenvalue weighted by atomic mass is 10.1. The first-order valence-electron chi connectivity index (χ1n) is 6.06. The summed E-state index contributed by atoms with van der Waals surface area (Å²) in [5.41, 5.74) is 6.01. The van der Waals surface area contributed by atoms with Crippen LogP contribution in [0.3, 0.4) is 0 Å². The summed E-state index contributed by atoms with van der Waals surface area (Å²) in [6.07, 6.45) is 0. The molecule has 0 saturated carbocycles. The SMILES string of the molecule is CC(N)c1cccc(F)c1Oc1cc([N+](=O)[O-])ccc1Cl. The first kappa shape index (κ1) is 15.2. The van der Waals surface area contributed by atoms with Gasteiger partial charge < -0.3 is 10.5 Å². The molecule has 0 aliphatic rings. The van der Waals surface area contributed by atoms with Crippen LogP contribution in [0.25, 0.3) is 0 Å². The van der Waals surface area contributed by atoms with Crippen molar-refractivity contribution < 1.29 is 14.1 Å². The van der Waals surface area contributed by atoms with Gasteiger partial charge in [0.05, 0.1) is 16.0 Å². The lowest BCUT2D eigenvalue weighted by Crippen LogP contribution is -2.07. The number of nitro groups is 1. The second kappa shape index (κ2) is 6.07. The maximum atomic E-state index is 13.9. The second-order valence-electron chi connectivity index (χ2n) is 4.42. The molecule has 0 aliphatic carbocycles. The Kier molecular flexibility index (Phi) is 4.40. The average molecular weight is 311 g/mol. The van der Waals surface area contributed by atoms with E-state index in [1.165, 1.54) is 24.3 Å². The van der Waals surface area contributed by atoms with Gasteiger partial charge in [-0.25, -0.2) is 4.39 Å². The zero-order valence-corrected chi connectivity index (χ0v) is 11.8. The molecule has 2 aromatic carbocycles. The summed E-state index contributed by atoms with van der Waals surface area (Å²) in [5.74, 6) is -0.708. The monoisotopic (exact) mass is 310 g/mol. The van der Waals surface area contributed by atoms with Gasteiger partial charge in [0.2, 0.25) is 0 Å². The Morgan fingerprint density at radius 2 is 2.10 bits per heavy atom. The minimum absolute atomic E-state index is 0.00198. The van der Waals surface area contributed by atoms with Crippen molar-refractivity contribution in [2.75, 3.05) is 0 Å². The van der Waals surface area contributed by atoms with E-state index in [2.05, 4.69) is 0 Å². The van der Waals surface area contributed by atoms with E-state index >= 15 is 0 Å². The van der Waals surface area contributed by atoms with Crippen molar-refractivity contribution in [1.29, 1.82) is 0 Å². The fourth-order valence-corrected chi connectivity index (χ4v) is 1.94. The number of hydrogen-bond donors (Lipinski definition) is 1. The Labute approximate surface area is 125 Å². The summed E-state index contributed by atoms with van der Waals surface area (Å²) in [5, 5.41) is 10.9. The number of non-ortho nitro benzene ring substituents is 1. The number of rotatable bonds is 4. The number of benzene rings is 2. The number of ether oxygens (including phenoxy) is 1. The molecule has 0 radical (unpaired) electrons. The number of para-hydroxylation sites is 1. The van der Waals surface area contributed by atoms with Gasteiger partial charge in [-0.3, -0.25) is 10.1 Å². The molecule has 2 N–H and O–H groups in total. The molecule has 21 heavy (non-hydrogen) atoms. The van der Waals surface area contributed by atoms with E-state index in [1.54, 1.807) is 13.0 Å². The molecular formula is C14H12ClFN2O3. The summed E-state index contributed by atoms with van der Waals surface area (Å²) in [6, 6.07) is 7.58. The molecule has 2 rings (SSSR count). The quantitative estimate of drug-likeness (QED) is 0.678. The Balaban J connectivity index is 2.47. The Morgan fingerprint density at radius 3 is 2.71 bits per heavy atom. The molecule has 5 nitrogen and oxygen atoms in total. The van der Waals surface area contributed by atoms with Gasteiger partial charge >= 0.3 is 0 Å². The summed E-state index contributed by atoms with van der Waals surface area (Å²) >= 11 is 5.93. The lowest BCUT2D eigenvalue weighted by molar-refractivity contribution is -0.384. The summed E-state index contributed by atoms with van der Waals surface area (Å²) in [7, 11) is 0. The molecule has 0 heterocycles. The highest BCUT2D eigenvalue weighted by atomic mass is 35.5. The summed E-state index contributed by atoms with van der Waals surface area (Å²) in [6.45, 7) is 1.68. The Hall–Kier alpha value is -2.18. The molecule has 0 saturated heterocycles. The second-order valence-corrected chi connectivity index (χ2v) is 4.83. The van der Waals surface area contributed by atoms with Crippen LogP contribution in [0.5, 0.6) is 11.5 Å². The topological polar surface area (TPSA) is 78.4 Å². The van der Waals surface area contributed by atoms with E-state index in [0.717, 1.165) is 6.07 Å². The number of nitrogens with zero attached hydrogens (tertiary/aromatic N) is 1. The molecule has 0 bridgehead atoms. The first-order valence-corrected chi connectivity index (χ1v) is 6.43. The third-order valence-corrected chi connectivity index (χ3v) is 3.14. The molecule has 1 unspecified atom stereocenters. The summed E-state index contributed by atoms with van der Waals surface area (Å²) < 4.78 is 19.4. The van der Waals surface area contributed by atoms with E-state index in [-0.39, 0.29) is 22.2 Å². The first-order chi connectivity index (χ1) is 9.90. The van der Waals surface area contributed by atoms with Gasteiger partial charge in [-0.2, -0.15) is 0 Å². The van der Waals surface area contributed by atoms with Gasteiger partial charge in [-0.15, -0.1) is 0 Å². The Bertz CT molecular complexity index is 692. The van der Waals surface area contributed by atoms with E-state index in [9.17, 15) is 14.5 Å². The van der Waals surface area contributed by atoms with Crippen LogP contribution in [-0.4, -0.2) is 4.92 Å². The van der Waals surface area contributed by atoms with Crippen molar-refractivity contribution in [1.82, 2.24) is 0 Å². The number of hydrogen-bond acceptors (Lipinski definition) is 4. The van der Waals surface area contributed by atoms with Gasteiger partial charge in [0.15, 0.2) is 17.3 Å². The third-order valence-electron chi connectivity index (χ3n) is 2.83. The minimum atomic E-state index is -0.618. The fraction of sp³-hybridized carbons (Fsp3) is 0.143. The lowest BCUT2D eigenvalue weighted by Gasteiger charge is -2.15. The van der Waals surface area contributed by atoms with Gasteiger partial charge in [-0.05, 0) is 19.1 Å². The maximum absolute atomic E-state index is 13.9. The molecule has 0 spiro atoms. The van der Waals surface area contributed by atoms with Crippen LogP contribution in [0.1, 0.15) is 18.5 Å². The van der Waals surface area contributed by atoms with Gasteiger partial charge in [0.1, 0.15) is 0 Å². The zero-order chi connectivity index (χ0) is 15.6. The van der Waals surface area contributed by atoms with E-state index < -0.39 is 16.8 Å². The average Bonchev–Trinajstić information content (AvgIpc) is 2.42. The molecule has 0 fully saturated rings. The van der Waals surface area contributed by atoms with Crippen LogP contribution < -0.4 is 10.5 Å². The molecule has 110 valence electrons. The van der Waals surface area contributed by atoms with Crippen molar-refractivity contribution in [2.24, 2.45) is 5.73 Å². The fourth-order valence-electron chi connectivity index (χ4n) is 1.79. The number of nitro benzene ring substituents is 1. The van der Waals surface area contributed by atoms with Crippen LogP contribution in [0.2, 0.25) is 5.02 Å². The van der Waals surface area contributed by atoms with Crippen molar-refractivity contribution in [2.45, 2.75) is 13.0 Å². The van der Waals surface area contributed by atoms with E-state index in [4.69, 9.17) is 22.1 Å². The van der Waals surface area contributed by atoms with Crippen LogP contribution >= 0.6 is 11.6 Å². The predicted molar refractivity (Wildman–Crippen MR) is 77.2 cm³/mol. The Morgan fingerprint density at radius 1 is 1.38 bits per heavy atom. The zero-order valence-electron chi connectivity index (χ0n) is 11.0. The number of halogens is 2. The van der Waals surface area contributed by atoms with Crippen molar-refractivity contribution in [3.05, 3.63) is 62.9 Å². The van der Waals surface area contributed by atoms with Crippen LogP contribution in [0, 0.1) is 15.9 Å². The van der Waals surface area contributed by atoms with Crippen LogP contribution in [-0.2, 0) is 0 Å². The van der Waals surface area contributed by atoms with Gasteiger partial charge in [0, 0.05) is 17.7 Å². The molecular weight excluding hydrogens is 299 g/mol. The number of nitrogens with two attached hydrogens (primary N) is 1. The van der Waals surface area contributed by atoms with Crippen molar-refractivity contribution in [3.8, 4) is 11.5 Å². The third kappa shape index (κ3) is 3.29. The highest BCUT2D eigenvalue weighted by Gasteiger charge is 2.17. The molecule has 2 aromatic rings. The largest absolute Gasteiger partial charge is 0.452 e. The van der Waals surface area contributed by atoms with Crippen molar-refractivity contribution >= 4 is 17.3 Å². The minimum Gasteiger partial charge on any atom is -0.452 e. The highest BCUT2D eigenvalue weighted by molar-refractivity contribution is 6.32. The normalized spacial score (nSPS) is 12.0. The van der Waals surface area contributed by atoms with E-state index in [0.29, 0.717) is 5.56 Å². The highest BCUT2D eigenvalue weighted by Crippen LogP contribution is 2.36. The van der Waals surface area contributed by atoms with Crippen LogP contribution in [0.4, 0.5) is 10.1 Å². The molecule has 7 heteroatoms. The molecule has 1 atom stereocenters.